The quantitative estimate of drug-likeness (QED) is 0.0722. The van der Waals surface area contributed by atoms with E-state index in [1.54, 1.807) is 48.5 Å². The number of nitrogens with one attached hydrogen (secondary N) is 1. The first-order valence-electron chi connectivity index (χ1n) is 17.4. The predicted molar refractivity (Wildman–Crippen MR) is 204 cm³/mol. The van der Waals surface area contributed by atoms with Gasteiger partial charge in [0.15, 0.2) is 12.7 Å². The number of hydroxylamine groups is 2. The molecule has 1 N–H and O–H groups in total. The van der Waals surface area contributed by atoms with E-state index in [1.807, 2.05) is 6.92 Å². The Morgan fingerprint density at radius 3 is 1.45 bits per heavy atom. The molecule has 3 amide bonds. The molecule has 0 radical (unpaired) electrons. The summed E-state index contributed by atoms with van der Waals surface area (Å²) in [5.41, 5.74) is 25.6. The average Bonchev–Trinajstić information content (AvgIpc) is 3.60. The number of halogens is 3. The molecule has 1 aliphatic heterocycles. The number of hydrogen-bond donors (Lipinski definition) is 1. The van der Waals surface area contributed by atoms with Crippen LogP contribution in [0.3, 0.4) is 0 Å². The fourth-order valence-electron chi connectivity index (χ4n) is 3.89. The minimum absolute atomic E-state index is 0.0451. The summed E-state index contributed by atoms with van der Waals surface area (Å²) in [6, 6.07) is 14.0. The van der Waals surface area contributed by atoms with Gasteiger partial charge in [-0.2, -0.15) is 0 Å². The minimum Gasteiger partial charge on any atom is -0.353 e. The van der Waals surface area contributed by atoms with Crippen LogP contribution in [-0.4, -0.2) is 116 Å². The third-order valence-electron chi connectivity index (χ3n) is 6.45. The number of alkyl halides is 3. The smallest absolute Gasteiger partial charge is 0.337 e. The molecule has 0 aliphatic carbocycles. The number of nitrogens with zero attached hydrogens (tertiary/aromatic N) is 18. The molecule has 2 aromatic heterocycles. The van der Waals surface area contributed by atoms with Gasteiger partial charge in [0, 0.05) is 51.8 Å². The van der Waals surface area contributed by atoms with Gasteiger partial charge >= 0.3 is 5.97 Å². The summed E-state index contributed by atoms with van der Waals surface area (Å²) in [4.78, 5) is 57.9. The first-order chi connectivity index (χ1) is 29.2. The topological polar surface area (TPSA) is 342 Å². The van der Waals surface area contributed by atoms with E-state index < -0.39 is 37.8 Å². The van der Waals surface area contributed by atoms with Crippen molar-refractivity contribution in [2.75, 3.05) is 46.2 Å². The van der Waals surface area contributed by atoms with Crippen LogP contribution in [0.1, 0.15) is 37.3 Å². The first-order valence-corrected chi connectivity index (χ1v) is 17.4. The lowest BCUT2D eigenvalue weighted by molar-refractivity contribution is -0.197. The van der Waals surface area contributed by atoms with Gasteiger partial charge in [-0.15, -0.1) is 45.9 Å². The molecule has 0 spiro atoms. The maximum absolute atomic E-state index is 11.9. The standard InChI is InChI=1S/C14H11N5O4.C12H12FN5O.C3H7N3.2C2H4FN3/c20-11-5-6-12(21)19(11)23-13(22)7-9-1-3-10(4-2-9)14-17-15-8-16-18-14;13-5-6-14-11(19)7-9-1-3-10(4-2-9)12-17-15-8-16-18-12;1-2-3-5-6-4;2*3-1-2-5-6-4/h1-4,8H,5-7H2;1-4,8H,5-7H2,(H,14,19);2-3H2,1H3;2*1-2H2/i;13-1;;2*3-1. The molecule has 2 aromatic carbocycles. The van der Waals surface area contributed by atoms with Gasteiger partial charge in [0.05, 0.1) is 39.3 Å². The summed E-state index contributed by atoms with van der Waals surface area (Å²) in [6.07, 6.45) is 3.71. The second-order valence-corrected chi connectivity index (χ2v) is 10.8. The van der Waals surface area contributed by atoms with Gasteiger partial charge < -0.3 is 10.2 Å². The molecular weight excluding hydrogens is 796 g/mol. The van der Waals surface area contributed by atoms with E-state index in [2.05, 4.69) is 76.2 Å². The minimum atomic E-state index is -0.680. The van der Waals surface area contributed by atoms with Crippen LogP contribution in [0.15, 0.2) is 76.5 Å². The highest BCUT2D eigenvalue weighted by molar-refractivity contribution is 6.01. The Labute approximate surface area is 338 Å². The van der Waals surface area contributed by atoms with Crippen LogP contribution in [0.4, 0.5) is 13.2 Å². The zero-order valence-electron chi connectivity index (χ0n) is 32.0. The zero-order valence-corrected chi connectivity index (χ0v) is 32.0. The monoisotopic (exact) mass is 834 g/mol. The fraction of sp³-hybridized carbons (Fsp3) is 0.394. The summed E-state index contributed by atoms with van der Waals surface area (Å²) < 4.78 is 33.7. The van der Waals surface area contributed by atoms with Crippen molar-refractivity contribution in [1.29, 1.82) is 0 Å². The molecule has 316 valence electrons. The molecule has 0 unspecified atom stereocenters. The Bertz CT molecular complexity index is 1960. The van der Waals surface area contributed by atoms with Crippen LogP contribution < -0.4 is 5.32 Å². The van der Waals surface area contributed by atoms with E-state index in [0.29, 0.717) is 34.4 Å². The molecule has 0 bridgehead atoms. The van der Waals surface area contributed by atoms with E-state index in [9.17, 15) is 32.3 Å². The van der Waals surface area contributed by atoms with Crippen molar-refractivity contribution in [2.45, 2.75) is 39.0 Å². The number of aromatic nitrogens is 8. The van der Waals surface area contributed by atoms with E-state index in [4.69, 9.17) is 21.4 Å². The van der Waals surface area contributed by atoms with Gasteiger partial charge in [0.2, 0.25) is 17.6 Å². The Balaban J connectivity index is 0.000000432. The number of benzene rings is 2. The van der Waals surface area contributed by atoms with E-state index >= 15 is 0 Å². The lowest BCUT2D eigenvalue weighted by Crippen LogP contribution is -2.32. The first kappa shape index (κ1) is 50.1. The fourth-order valence-corrected chi connectivity index (χ4v) is 3.89. The maximum atomic E-state index is 11.9. The Kier molecular flexibility index (Phi) is 26.9. The molecule has 1 fully saturated rings. The molecule has 1 aliphatic rings. The number of carbonyl (C=O) groups excluding carboxylic acids is 4. The highest BCUT2D eigenvalue weighted by Crippen LogP contribution is 2.17. The van der Waals surface area contributed by atoms with Crippen LogP contribution >= 0.6 is 0 Å². The molecule has 27 heteroatoms. The molecule has 24 nitrogen and oxygen atoms in total. The van der Waals surface area contributed by atoms with Crippen molar-refractivity contribution in [3.05, 3.63) is 104 Å². The predicted octanol–water partition coefficient (Wildman–Crippen LogP) is 4.88. The molecule has 1 saturated heterocycles. The van der Waals surface area contributed by atoms with Crippen molar-refractivity contribution in [1.82, 2.24) is 51.2 Å². The summed E-state index contributed by atoms with van der Waals surface area (Å²) in [7, 11) is 0. The third kappa shape index (κ3) is 22.0. The normalized spacial score (nSPS) is 10.7. The Hall–Kier alpha value is -7.88. The van der Waals surface area contributed by atoms with Crippen LogP contribution in [0.5, 0.6) is 0 Å². The molecule has 4 aromatic rings. The number of hydrogen-bond acceptors (Lipinski definition) is 16. The average molecular weight is 835 g/mol. The Morgan fingerprint density at radius 1 is 0.683 bits per heavy atom. The zero-order chi connectivity index (χ0) is 44.2. The number of imide groups is 1. The number of azide groups is 3. The Morgan fingerprint density at radius 2 is 1.10 bits per heavy atom. The van der Waals surface area contributed by atoms with Crippen LogP contribution in [-0.2, 0) is 36.9 Å². The van der Waals surface area contributed by atoms with E-state index in [1.165, 1.54) is 12.7 Å². The van der Waals surface area contributed by atoms with Gasteiger partial charge in [-0.25, -0.2) is 9.18 Å². The number of carbonyl (C=O) groups is 4. The molecule has 60 heavy (non-hydrogen) atoms. The van der Waals surface area contributed by atoms with Crippen molar-refractivity contribution >= 4 is 23.7 Å². The summed E-state index contributed by atoms with van der Waals surface area (Å²) >= 11 is 0. The lowest BCUT2D eigenvalue weighted by Gasteiger charge is -2.12. The SMILES string of the molecule is CCCN=[N+]=[N-].O=C(Cc1ccc(-c2nncnn2)cc1)NCC[18F].O=C(Cc1ccc(-c2nncnn2)cc1)ON1C(=O)CCC1=O.[N-]=[N+]=NCC[18F].[N-]=[N+]=NCC[18F]. The third-order valence-corrected chi connectivity index (χ3v) is 6.45. The van der Waals surface area contributed by atoms with Crippen molar-refractivity contribution < 1.29 is 37.2 Å². The molecule has 3 heterocycles. The molecule has 5 rings (SSSR count). The molecule has 0 atom stereocenters. The highest BCUT2D eigenvalue weighted by atomic mass is 18.2. The number of rotatable bonds is 15. The number of amides is 3. The van der Waals surface area contributed by atoms with Crippen LogP contribution in [0.2, 0.25) is 0 Å². The lowest BCUT2D eigenvalue weighted by atomic mass is 10.1. The van der Waals surface area contributed by atoms with E-state index in [0.717, 1.165) is 17.5 Å². The summed E-state index contributed by atoms with van der Waals surface area (Å²) in [5.74, 6) is -1.09. The van der Waals surface area contributed by atoms with E-state index in [-0.39, 0.29) is 51.2 Å². The molecular formula is C33H38F3N19O5. The van der Waals surface area contributed by atoms with Crippen molar-refractivity contribution in [3.8, 4) is 22.8 Å². The second-order valence-electron chi connectivity index (χ2n) is 10.8. The largest absolute Gasteiger partial charge is 0.353 e. The van der Waals surface area contributed by atoms with Gasteiger partial charge in [-0.05, 0) is 27.7 Å². The van der Waals surface area contributed by atoms with Crippen LogP contribution in [0, 0.1) is 0 Å². The van der Waals surface area contributed by atoms with Gasteiger partial charge in [-0.1, -0.05) is 77.2 Å². The summed E-state index contributed by atoms with van der Waals surface area (Å²) in [6.45, 7) is 0.856. The van der Waals surface area contributed by atoms with Crippen LogP contribution in [0.25, 0.3) is 54.1 Å². The van der Waals surface area contributed by atoms with Gasteiger partial charge in [-0.3, -0.25) is 23.2 Å². The highest BCUT2D eigenvalue weighted by Gasteiger charge is 2.32. The molecule has 0 saturated carbocycles. The van der Waals surface area contributed by atoms with Gasteiger partial charge in [0.25, 0.3) is 11.8 Å². The van der Waals surface area contributed by atoms with Crippen molar-refractivity contribution in [2.24, 2.45) is 15.3 Å². The second kappa shape index (κ2) is 32.2. The van der Waals surface area contributed by atoms with Gasteiger partial charge in [0.1, 0.15) is 6.67 Å². The maximum Gasteiger partial charge on any atom is 0.337 e. The summed E-state index contributed by atoms with van der Waals surface area (Å²) in [5, 5.41) is 41.9. The van der Waals surface area contributed by atoms with Crippen molar-refractivity contribution in [3.63, 3.8) is 0 Å².